The highest BCUT2D eigenvalue weighted by molar-refractivity contribution is 6.40. The van der Waals surface area contributed by atoms with Gasteiger partial charge >= 0.3 is 11.8 Å². The minimum Gasteiger partial charge on any atom is -0.345 e. The SMILES string of the molecule is O=C(Nc1cccc2ncccc12)C(=O)NC1CC1. The quantitative estimate of drug-likeness (QED) is 0.798. The van der Waals surface area contributed by atoms with Crippen molar-refractivity contribution in [1.82, 2.24) is 10.3 Å². The maximum Gasteiger partial charge on any atom is 0.313 e. The van der Waals surface area contributed by atoms with Crippen LogP contribution in [0, 0.1) is 0 Å². The second-order valence-electron chi connectivity index (χ2n) is 4.58. The van der Waals surface area contributed by atoms with Crippen LogP contribution in [0.3, 0.4) is 0 Å². The summed E-state index contributed by atoms with van der Waals surface area (Å²) in [6, 6.07) is 9.23. The summed E-state index contributed by atoms with van der Waals surface area (Å²) >= 11 is 0. The molecule has 0 unspecified atom stereocenters. The maximum atomic E-state index is 11.8. The Hall–Kier alpha value is -2.43. The predicted molar refractivity (Wildman–Crippen MR) is 71.5 cm³/mol. The Morgan fingerprint density at radius 2 is 1.95 bits per heavy atom. The van der Waals surface area contributed by atoms with Gasteiger partial charge in [0.05, 0.1) is 11.2 Å². The number of anilines is 1. The highest BCUT2D eigenvalue weighted by Gasteiger charge is 2.26. The van der Waals surface area contributed by atoms with Gasteiger partial charge in [0.2, 0.25) is 0 Å². The second-order valence-corrected chi connectivity index (χ2v) is 4.58. The van der Waals surface area contributed by atoms with Crippen molar-refractivity contribution in [2.24, 2.45) is 0 Å². The van der Waals surface area contributed by atoms with Gasteiger partial charge in [-0.2, -0.15) is 0 Å². The van der Waals surface area contributed by atoms with E-state index >= 15 is 0 Å². The van der Waals surface area contributed by atoms with Crippen molar-refractivity contribution in [3.05, 3.63) is 36.5 Å². The number of carbonyl (C=O) groups excluding carboxylic acids is 2. The van der Waals surface area contributed by atoms with E-state index in [9.17, 15) is 9.59 Å². The fraction of sp³-hybridized carbons (Fsp3) is 0.214. The number of carbonyl (C=O) groups is 2. The lowest BCUT2D eigenvalue weighted by Gasteiger charge is -2.08. The minimum absolute atomic E-state index is 0.174. The first-order valence-electron chi connectivity index (χ1n) is 6.19. The van der Waals surface area contributed by atoms with Crippen LogP contribution in [0.25, 0.3) is 10.9 Å². The van der Waals surface area contributed by atoms with Crippen molar-refractivity contribution in [2.45, 2.75) is 18.9 Å². The molecule has 5 nitrogen and oxygen atoms in total. The van der Waals surface area contributed by atoms with Gasteiger partial charge in [0.25, 0.3) is 0 Å². The Labute approximate surface area is 110 Å². The van der Waals surface area contributed by atoms with Gasteiger partial charge < -0.3 is 10.6 Å². The average Bonchev–Trinajstić information content (AvgIpc) is 3.23. The van der Waals surface area contributed by atoms with E-state index < -0.39 is 11.8 Å². The number of rotatable bonds is 2. The number of hydrogen-bond acceptors (Lipinski definition) is 3. The third-order valence-corrected chi connectivity index (χ3v) is 3.01. The first-order chi connectivity index (χ1) is 9.24. The number of nitrogens with zero attached hydrogens (tertiary/aromatic N) is 1. The molecule has 1 saturated carbocycles. The Morgan fingerprint density at radius 1 is 1.11 bits per heavy atom. The summed E-state index contributed by atoms with van der Waals surface area (Å²) in [6.45, 7) is 0. The number of aromatic nitrogens is 1. The van der Waals surface area contributed by atoms with Crippen LogP contribution in [0.2, 0.25) is 0 Å². The van der Waals surface area contributed by atoms with E-state index in [1.165, 1.54) is 0 Å². The third-order valence-electron chi connectivity index (χ3n) is 3.01. The van der Waals surface area contributed by atoms with E-state index in [0.29, 0.717) is 5.69 Å². The van der Waals surface area contributed by atoms with Crippen molar-refractivity contribution < 1.29 is 9.59 Å². The van der Waals surface area contributed by atoms with Crippen LogP contribution in [0.5, 0.6) is 0 Å². The zero-order valence-corrected chi connectivity index (χ0v) is 10.2. The zero-order valence-electron chi connectivity index (χ0n) is 10.2. The van der Waals surface area contributed by atoms with Gasteiger partial charge in [0, 0.05) is 17.6 Å². The summed E-state index contributed by atoms with van der Waals surface area (Å²) < 4.78 is 0. The smallest absolute Gasteiger partial charge is 0.313 e. The summed E-state index contributed by atoms with van der Waals surface area (Å²) in [5.74, 6) is -1.22. The fourth-order valence-corrected chi connectivity index (χ4v) is 1.87. The monoisotopic (exact) mass is 255 g/mol. The van der Waals surface area contributed by atoms with Crippen LogP contribution in [0.4, 0.5) is 5.69 Å². The zero-order chi connectivity index (χ0) is 13.2. The molecule has 0 aliphatic heterocycles. The first-order valence-corrected chi connectivity index (χ1v) is 6.19. The molecule has 2 aromatic rings. The van der Waals surface area contributed by atoms with Gasteiger partial charge in [0.1, 0.15) is 0 Å². The molecule has 1 heterocycles. The lowest BCUT2D eigenvalue weighted by molar-refractivity contribution is -0.136. The molecule has 1 aliphatic rings. The molecule has 2 N–H and O–H groups in total. The van der Waals surface area contributed by atoms with E-state index in [0.717, 1.165) is 23.7 Å². The Bertz CT molecular complexity index is 645. The standard InChI is InChI=1S/C14H13N3O2/c18-13(16-9-6-7-9)14(19)17-12-5-1-4-11-10(12)3-2-8-15-11/h1-5,8-9H,6-7H2,(H,16,18)(H,17,19). The molecular formula is C14H13N3O2. The van der Waals surface area contributed by atoms with Gasteiger partial charge in [0.15, 0.2) is 0 Å². The van der Waals surface area contributed by atoms with Crippen LogP contribution in [-0.4, -0.2) is 22.8 Å². The largest absolute Gasteiger partial charge is 0.345 e. The van der Waals surface area contributed by atoms with Crippen LogP contribution < -0.4 is 10.6 Å². The van der Waals surface area contributed by atoms with Crippen molar-refractivity contribution in [3.8, 4) is 0 Å². The molecule has 0 radical (unpaired) electrons. The molecule has 1 aromatic carbocycles. The summed E-state index contributed by atoms with van der Waals surface area (Å²) in [4.78, 5) is 27.6. The minimum atomic E-state index is -0.636. The lowest BCUT2D eigenvalue weighted by atomic mass is 10.2. The van der Waals surface area contributed by atoms with Crippen molar-refractivity contribution >= 4 is 28.4 Å². The summed E-state index contributed by atoms with van der Waals surface area (Å²) in [5, 5.41) is 6.10. The number of amides is 2. The average molecular weight is 255 g/mol. The maximum absolute atomic E-state index is 11.8. The normalized spacial score (nSPS) is 14.1. The summed E-state index contributed by atoms with van der Waals surface area (Å²) in [5.41, 5.74) is 1.38. The van der Waals surface area contributed by atoms with Crippen LogP contribution in [0.15, 0.2) is 36.5 Å². The van der Waals surface area contributed by atoms with Gasteiger partial charge in [-0.25, -0.2) is 0 Å². The Morgan fingerprint density at radius 3 is 2.74 bits per heavy atom. The van der Waals surface area contributed by atoms with Gasteiger partial charge in [-0.05, 0) is 37.1 Å². The molecular weight excluding hydrogens is 242 g/mol. The van der Waals surface area contributed by atoms with Crippen LogP contribution >= 0.6 is 0 Å². The molecule has 0 spiro atoms. The third kappa shape index (κ3) is 2.54. The molecule has 1 aromatic heterocycles. The topological polar surface area (TPSA) is 71.1 Å². The number of hydrogen-bond donors (Lipinski definition) is 2. The number of fused-ring (bicyclic) bond motifs is 1. The van der Waals surface area contributed by atoms with Gasteiger partial charge in [-0.1, -0.05) is 6.07 Å². The Balaban J connectivity index is 1.80. The molecule has 2 amide bonds. The van der Waals surface area contributed by atoms with Gasteiger partial charge in [-0.15, -0.1) is 0 Å². The van der Waals surface area contributed by atoms with E-state index in [1.54, 1.807) is 24.4 Å². The van der Waals surface area contributed by atoms with Gasteiger partial charge in [-0.3, -0.25) is 14.6 Å². The fourth-order valence-electron chi connectivity index (χ4n) is 1.87. The van der Waals surface area contributed by atoms with Crippen LogP contribution in [-0.2, 0) is 9.59 Å². The highest BCUT2D eigenvalue weighted by atomic mass is 16.2. The molecule has 0 saturated heterocycles. The molecule has 1 aliphatic carbocycles. The summed E-state index contributed by atoms with van der Waals surface area (Å²) in [6.07, 6.45) is 3.60. The van der Waals surface area contributed by atoms with E-state index in [1.807, 2.05) is 12.1 Å². The highest BCUT2D eigenvalue weighted by Crippen LogP contribution is 2.21. The number of pyridine rings is 1. The van der Waals surface area contributed by atoms with Crippen molar-refractivity contribution in [1.29, 1.82) is 0 Å². The van der Waals surface area contributed by atoms with Crippen molar-refractivity contribution in [2.75, 3.05) is 5.32 Å². The first kappa shape index (κ1) is 11.6. The van der Waals surface area contributed by atoms with E-state index in [2.05, 4.69) is 15.6 Å². The molecule has 1 fully saturated rings. The van der Waals surface area contributed by atoms with Crippen molar-refractivity contribution in [3.63, 3.8) is 0 Å². The molecule has 0 bridgehead atoms. The molecule has 19 heavy (non-hydrogen) atoms. The molecule has 5 heteroatoms. The Kier molecular flexibility index (Phi) is 2.87. The molecule has 96 valence electrons. The lowest BCUT2D eigenvalue weighted by Crippen LogP contribution is -2.36. The van der Waals surface area contributed by atoms with E-state index in [4.69, 9.17) is 0 Å². The number of nitrogens with one attached hydrogen (secondary N) is 2. The molecule has 0 atom stereocenters. The van der Waals surface area contributed by atoms with Crippen LogP contribution in [0.1, 0.15) is 12.8 Å². The number of benzene rings is 1. The van der Waals surface area contributed by atoms with E-state index in [-0.39, 0.29) is 6.04 Å². The molecule has 3 rings (SSSR count). The predicted octanol–water partition coefficient (Wildman–Crippen LogP) is 1.45. The second kappa shape index (κ2) is 4.68. The summed E-state index contributed by atoms with van der Waals surface area (Å²) in [7, 11) is 0.